The Morgan fingerprint density at radius 1 is 1.07 bits per heavy atom. The molecule has 142 valence electrons. The summed E-state index contributed by atoms with van der Waals surface area (Å²) in [6, 6.07) is 16.8. The zero-order valence-electron chi connectivity index (χ0n) is 15.5. The van der Waals surface area contributed by atoms with E-state index in [9.17, 15) is 9.59 Å². The third-order valence-electron chi connectivity index (χ3n) is 4.25. The highest BCUT2D eigenvalue weighted by molar-refractivity contribution is 5.82. The second kappa shape index (κ2) is 8.58. The van der Waals surface area contributed by atoms with Crippen LogP contribution in [0.3, 0.4) is 0 Å². The van der Waals surface area contributed by atoms with Gasteiger partial charge in [0.15, 0.2) is 18.1 Å². The van der Waals surface area contributed by atoms with Crippen LogP contribution in [0.25, 0.3) is 0 Å². The molecule has 1 heterocycles. The minimum absolute atomic E-state index is 0.0162. The van der Waals surface area contributed by atoms with Gasteiger partial charge in [0.25, 0.3) is 5.91 Å². The summed E-state index contributed by atoms with van der Waals surface area (Å²) >= 11 is 0. The molecule has 0 aliphatic carbocycles. The van der Waals surface area contributed by atoms with Gasteiger partial charge in [0, 0.05) is 12.6 Å². The molecule has 1 aliphatic heterocycles. The van der Waals surface area contributed by atoms with Gasteiger partial charge in [-0.25, -0.2) is 4.79 Å². The SMILES string of the molecule is CC(C)N(Cc1ccccc1)C(=O)COC(=O)[C@H]1COc2ccccc2O1. The van der Waals surface area contributed by atoms with Crippen molar-refractivity contribution in [2.75, 3.05) is 13.2 Å². The van der Waals surface area contributed by atoms with Gasteiger partial charge in [-0.3, -0.25) is 4.79 Å². The number of rotatable bonds is 6. The average Bonchev–Trinajstić information content (AvgIpc) is 2.70. The molecule has 27 heavy (non-hydrogen) atoms. The van der Waals surface area contributed by atoms with Crippen molar-refractivity contribution in [1.29, 1.82) is 0 Å². The van der Waals surface area contributed by atoms with E-state index in [2.05, 4.69) is 0 Å². The molecule has 0 aromatic heterocycles. The second-order valence-corrected chi connectivity index (χ2v) is 6.57. The van der Waals surface area contributed by atoms with Crippen LogP contribution in [0.4, 0.5) is 0 Å². The van der Waals surface area contributed by atoms with E-state index in [0.717, 1.165) is 5.56 Å². The highest BCUT2D eigenvalue weighted by Crippen LogP contribution is 2.31. The van der Waals surface area contributed by atoms with Gasteiger partial charge in [0.2, 0.25) is 6.10 Å². The van der Waals surface area contributed by atoms with E-state index in [1.165, 1.54) is 0 Å². The van der Waals surface area contributed by atoms with E-state index in [0.29, 0.717) is 18.0 Å². The molecule has 3 rings (SSSR count). The first-order valence-corrected chi connectivity index (χ1v) is 8.93. The van der Waals surface area contributed by atoms with Crippen LogP contribution in [0, 0.1) is 0 Å². The molecule has 6 heteroatoms. The fourth-order valence-electron chi connectivity index (χ4n) is 2.78. The minimum Gasteiger partial charge on any atom is -0.485 e. The van der Waals surface area contributed by atoms with Crippen molar-refractivity contribution in [2.45, 2.75) is 32.5 Å². The molecule has 0 unspecified atom stereocenters. The lowest BCUT2D eigenvalue weighted by atomic mass is 10.2. The molecule has 2 aromatic rings. The normalized spacial score (nSPS) is 15.3. The summed E-state index contributed by atoms with van der Waals surface area (Å²) in [6.45, 7) is 4.05. The van der Waals surface area contributed by atoms with Gasteiger partial charge >= 0.3 is 5.97 Å². The largest absolute Gasteiger partial charge is 0.485 e. The number of esters is 1. The van der Waals surface area contributed by atoms with Crippen LogP contribution in [0.15, 0.2) is 54.6 Å². The molecule has 0 saturated carbocycles. The standard InChI is InChI=1S/C21H23NO5/c1-15(2)22(12-16-8-4-3-5-9-16)20(23)14-26-21(24)19-13-25-17-10-6-7-11-18(17)27-19/h3-11,15,19H,12-14H2,1-2H3/t19-/m1/s1. The zero-order valence-corrected chi connectivity index (χ0v) is 15.5. The zero-order chi connectivity index (χ0) is 19.2. The lowest BCUT2D eigenvalue weighted by Crippen LogP contribution is -2.42. The van der Waals surface area contributed by atoms with Crippen molar-refractivity contribution in [3.05, 3.63) is 60.2 Å². The molecule has 0 fully saturated rings. The van der Waals surface area contributed by atoms with Crippen molar-refractivity contribution in [1.82, 2.24) is 4.90 Å². The molecule has 1 atom stereocenters. The first-order chi connectivity index (χ1) is 13.0. The summed E-state index contributed by atoms with van der Waals surface area (Å²) in [6.07, 6.45) is -0.880. The van der Waals surface area contributed by atoms with E-state index in [1.54, 1.807) is 23.1 Å². The Kier molecular flexibility index (Phi) is 5.96. The number of para-hydroxylation sites is 2. The molecular formula is C21H23NO5. The number of amides is 1. The summed E-state index contributed by atoms with van der Waals surface area (Å²) < 4.78 is 16.3. The third-order valence-corrected chi connectivity index (χ3v) is 4.25. The van der Waals surface area contributed by atoms with Crippen LogP contribution in [-0.2, 0) is 20.9 Å². The number of nitrogens with zero attached hydrogens (tertiary/aromatic N) is 1. The molecule has 2 aromatic carbocycles. The number of benzene rings is 2. The van der Waals surface area contributed by atoms with Gasteiger partial charge in [-0.2, -0.15) is 0 Å². The summed E-state index contributed by atoms with van der Waals surface area (Å²) in [7, 11) is 0. The minimum atomic E-state index is -0.880. The van der Waals surface area contributed by atoms with Crippen molar-refractivity contribution in [2.24, 2.45) is 0 Å². The van der Waals surface area contributed by atoms with Gasteiger partial charge in [-0.1, -0.05) is 42.5 Å². The molecular weight excluding hydrogens is 346 g/mol. The third kappa shape index (κ3) is 4.78. The first kappa shape index (κ1) is 18.8. The molecule has 0 radical (unpaired) electrons. The predicted molar refractivity (Wildman–Crippen MR) is 99.4 cm³/mol. The van der Waals surface area contributed by atoms with Crippen molar-refractivity contribution >= 4 is 11.9 Å². The predicted octanol–water partition coefficient (Wildman–Crippen LogP) is 2.81. The number of hydrogen-bond donors (Lipinski definition) is 0. The lowest BCUT2D eigenvalue weighted by molar-refractivity contribution is -0.160. The summed E-state index contributed by atoms with van der Waals surface area (Å²) in [5.41, 5.74) is 1.02. The van der Waals surface area contributed by atoms with E-state index >= 15 is 0 Å². The fraction of sp³-hybridized carbons (Fsp3) is 0.333. The molecule has 0 saturated heterocycles. The van der Waals surface area contributed by atoms with Gasteiger partial charge in [-0.15, -0.1) is 0 Å². The average molecular weight is 369 g/mol. The summed E-state index contributed by atoms with van der Waals surface area (Å²) in [4.78, 5) is 26.5. The number of carbonyl (C=O) groups is 2. The summed E-state index contributed by atoms with van der Waals surface area (Å²) in [5.74, 6) is 0.219. The fourth-order valence-corrected chi connectivity index (χ4v) is 2.78. The number of ether oxygens (including phenoxy) is 3. The second-order valence-electron chi connectivity index (χ2n) is 6.57. The Balaban J connectivity index is 1.55. The molecule has 6 nitrogen and oxygen atoms in total. The molecule has 0 bridgehead atoms. The van der Waals surface area contributed by atoms with E-state index in [-0.39, 0.29) is 25.2 Å². The van der Waals surface area contributed by atoms with Crippen molar-refractivity contribution in [3.63, 3.8) is 0 Å². The van der Waals surface area contributed by atoms with Crippen molar-refractivity contribution < 1.29 is 23.8 Å². The van der Waals surface area contributed by atoms with E-state index in [4.69, 9.17) is 14.2 Å². The molecule has 1 amide bonds. The van der Waals surface area contributed by atoms with Crippen LogP contribution < -0.4 is 9.47 Å². The van der Waals surface area contributed by atoms with Crippen LogP contribution in [-0.4, -0.2) is 42.1 Å². The maximum absolute atomic E-state index is 12.6. The smallest absolute Gasteiger partial charge is 0.351 e. The highest BCUT2D eigenvalue weighted by Gasteiger charge is 2.29. The molecule has 0 spiro atoms. The quantitative estimate of drug-likeness (QED) is 0.733. The Bertz CT molecular complexity index is 790. The van der Waals surface area contributed by atoms with Crippen LogP contribution in [0.5, 0.6) is 11.5 Å². The topological polar surface area (TPSA) is 65.1 Å². The maximum Gasteiger partial charge on any atom is 0.351 e. The maximum atomic E-state index is 12.6. The highest BCUT2D eigenvalue weighted by atomic mass is 16.6. The Morgan fingerprint density at radius 2 is 1.74 bits per heavy atom. The molecule has 1 aliphatic rings. The van der Waals surface area contributed by atoms with Crippen molar-refractivity contribution in [3.8, 4) is 11.5 Å². The lowest BCUT2D eigenvalue weighted by Gasteiger charge is -2.28. The van der Waals surface area contributed by atoms with E-state index in [1.807, 2.05) is 50.2 Å². The van der Waals surface area contributed by atoms with Gasteiger partial charge in [0.05, 0.1) is 0 Å². The number of hydrogen-bond acceptors (Lipinski definition) is 5. The van der Waals surface area contributed by atoms with Crippen LogP contribution in [0.1, 0.15) is 19.4 Å². The van der Waals surface area contributed by atoms with Gasteiger partial charge in [-0.05, 0) is 31.5 Å². The monoisotopic (exact) mass is 369 g/mol. The first-order valence-electron chi connectivity index (χ1n) is 8.93. The molecule has 0 N–H and O–H groups in total. The van der Waals surface area contributed by atoms with Crippen LogP contribution in [0.2, 0.25) is 0 Å². The van der Waals surface area contributed by atoms with E-state index < -0.39 is 12.1 Å². The van der Waals surface area contributed by atoms with Gasteiger partial charge in [0.1, 0.15) is 6.61 Å². The summed E-state index contributed by atoms with van der Waals surface area (Å²) in [5, 5.41) is 0. The Morgan fingerprint density at radius 3 is 2.44 bits per heavy atom. The number of fused-ring (bicyclic) bond motifs is 1. The van der Waals surface area contributed by atoms with Crippen LogP contribution >= 0.6 is 0 Å². The Labute approximate surface area is 158 Å². The van der Waals surface area contributed by atoms with Gasteiger partial charge < -0.3 is 19.1 Å². The Hall–Kier alpha value is -3.02. The number of carbonyl (C=O) groups excluding carboxylic acids is 2.